The van der Waals surface area contributed by atoms with Crippen LogP contribution in [0, 0.1) is 6.92 Å². The van der Waals surface area contributed by atoms with E-state index in [1.54, 1.807) is 24.3 Å². The van der Waals surface area contributed by atoms with Crippen LogP contribution < -0.4 is 0 Å². The Labute approximate surface area is 140 Å². The van der Waals surface area contributed by atoms with E-state index in [0.717, 1.165) is 23.1 Å². The second kappa shape index (κ2) is 7.04. The average Bonchev–Trinajstić information content (AvgIpc) is 3.10. The summed E-state index contributed by atoms with van der Waals surface area (Å²) in [6, 6.07) is 11.6. The van der Waals surface area contributed by atoms with Gasteiger partial charge in [0.2, 0.25) is 5.89 Å². The van der Waals surface area contributed by atoms with Crippen molar-refractivity contribution in [3.8, 4) is 11.5 Å². The Morgan fingerprint density at radius 1 is 1.08 bits per heavy atom. The first kappa shape index (κ1) is 15.9. The molecule has 24 heavy (non-hydrogen) atoms. The summed E-state index contributed by atoms with van der Waals surface area (Å²) >= 11 is 0. The van der Waals surface area contributed by atoms with E-state index in [1.165, 1.54) is 0 Å². The standard InChI is InChI=1S/C18H18N4O2/c1-13-3-5-15(6-4-13)16-20-21-17(24-16)18(23)22(2)12-9-14-7-10-19-11-8-14/h3-8,10-11H,9,12H2,1-2H3. The maximum absolute atomic E-state index is 12.4. The topological polar surface area (TPSA) is 72.1 Å². The maximum Gasteiger partial charge on any atom is 0.311 e. The Hall–Kier alpha value is -3.02. The molecule has 6 heteroatoms. The Kier molecular flexibility index (Phi) is 4.65. The molecule has 0 bridgehead atoms. The van der Waals surface area contributed by atoms with Gasteiger partial charge in [-0.1, -0.05) is 17.7 Å². The van der Waals surface area contributed by atoms with E-state index in [4.69, 9.17) is 4.42 Å². The first-order valence-electron chi connectivity index (χ1n) is 7.68. The van der Waals surface area contributed by atoms with Crippen LogP contribution in [0.3, 0.4) is 0 Å². The highest BCUT2D eigenvalue weighted by Crippen LogP contribution is 2.18. The van der Waals surface area contributed by atoms with Crippen LogP contribution >= 0.6 is 0 Å². The molecule has 0 saturated heterocycles. The quantitative estimate of drug-likeness (QED) is 0.722. The summed E-state index contributed by atoms with van der Waals surface area (Å²) < 4.78 is 5.52. The monoisotopic (exact) mass is 322 g/mol. The molecule has 6 nitrogen and oxygen atoms in total. The zero-order valence-corrected chi connectivity index (χ0v) is 13.6. The summed E-state index contributed by atoms with van der Waals surface area (Å²) in [4.78, 5) is 17.9. The van der Waals surface area contributed by atoms with Crippen LogP contribution in [0.15, 0.2) is 53.2 Å². The SMILES string of the molecule is Cc1ccc(-c2nnc(C(=O)N(C)CCc3ccncc3)o2)cc1. The smallest absolute Gasteiger partial charge is 0.311 e. The van der Waals surface area contributed by atoms with Gasteiger partial charge in [-0.3, -0.25) is 9.78 Å². The average molecular weight is 322 g/mol. The largest absolute Gasteiger partial charge is 0.412 e. The number of hydrogen-bond acceptors (Lipinski definition) is 5. The number of benzene rings is 1. The number of hydrogen-bond donors (Lipinski definition) is 0. The van der Waals surface area contributed by atoms with Crippen molar-refractivity contribution in [2.75, 3.05) is 13.6 Å². The van der Waals surface area contributed by atoms with Gasteiger partial charge in [-0.2, -0.15) is 0 Å². The van der Waals surface area contributed by atoms with Crippen LogP contribution in [-0.4, -0.2) is 39.6 Å². The van der Waals surface area contributed by atoms with Crippen LogP contribution in [0.4, 0.5) is 0 Å². The minimum absolute atomic E-state index is 0.00260. The van der Waals surface area contributed by atoms with Crippen molar-refractivity contribution in [1.29, 1.82) is 0 Å². The van der Waals surface area contributed by atoms with E-state index in [9.17, 15) is 4.79 Å². The van der Waals surface area contributed by atoms with Gasteiger partial charge in [-0.15, -0.1) is 10.2 Å². The van der Waals surface area contributed by atoms with Gasteiger partial charge in [0.15, 0.2) is 0 Å². The molecule has 0 N–H and O–H groups in total. The third-order valence-corrected chi connectivity index (χ3v) is 3.74. The highest BCUT2D eigenvalue weighted by atomic mass is 16.4. The van der Waals surface area contributed by atoms with Crippen molar-refractivity contribution in [1.82, 2.24) is 20.1 Å². The molecule has 122 valence electrons. The molecule has 0 atom stereocenters. The lowest BCUT2D eigenvalue weighted by molar-refractivity contribution is 0.0758. The molecule has 0 radical (unpaired) electrons. The van der Waals surface area contributed by atoms with Gasteiger partial charge in [-0.25, -0.2) is 0 Å². The summed E-state index contributed by atoms with van der Waals surface area (Å²) in [7, 11) is 1.72. The van der Waals surface area contributed by atoms with Crippen molar-refractivity contribution in [3.05, 3.63) is 65.8 Å². The van der Waals surface area contributed by atoms with Crippen molar-refractivity contribution in [3.63, 3.8) is 0 Å². The van der Waals surface area contributed by atoms with Gasteiger partial charge in [0.05, 0.1) is 0 Å². The van der Waals surface area contributed by atoms with E-state index < -0.39 is 0 Å². The Morgan fingerprint density at radius 2 is 1.79 bits per heavy atom. The van der Waals surface area contributed by atoms with Gasteiger partial charge in [0.1, 0.15) is 0 Å². The van der Waals surface area contributed by atoms with E-state index >= 15 is 0 Å². The van der Waals surface area contributed by atoms with Crippen LogP contribution in [0.1, 0.15) is 21.8 Å². The van der Waals surface area contributed by atoms with Gasteiger partial charge < -0.3 is 9.32 Å². The summed E-state index contributed by atoms with van der Waals surface area (Å²) in [5.74, 6) is 0.0682. The van der Waals surface area contributed by atoms with Gasteiger partial charge in [0.25, 0.3) is 0 Å². The predicted octanol–water partition coefficient (Wildman–Crippen LogP) is 2.75. The van der Waals surface area contributed by atoms with Crippen LogP contribution in [0.5, 0.6) is 0 Å². The number of carbonyl (C=O) groups is 1. The molecule has 0 aliphatic rings. The van der Waals surface area contributed by atoms with Crippen molar-refractivity contribution >= 4 is 5.91 Å². The Bertz CT molecular complexity index is 813. The number of nitrogens with zero attached hydrogens (tertiary/aromatic N) is 4. The highest BCUT2D eigenvalue weighted by Gasteiger charge is 2.19. The summed E-state index contributed by atoms with van der Waals surface area (Å²) in [5.41, 5.74) is 3.06. The highest BCUT2D eigenvalue weighted by molar-refractivity contribution is 5.89. The second-order valence-corrected chi connectivity index (χ2v) is 5.61. The molecule has 2 aromatic heterocycles. The lowest BCUT2D eigenvalue weighted by Crippen LogP contribution is -2.29. The molecule has 3 aromatic rings. The van der Waals surface area contributed by atoms with Crippen molar-refractivity contribution in [2.24, 2.45) is 0 Å². The summed E-state index contributed by atoms with van der Waals surface area (Å²) in [6.07, 6.45) is 4.22. The van der Waals surface area contributed by atoms with Gasteiger partial charge >= 0.3 is 11.8 Å². The summed E-state index contributed by atoms with van der Waals surface area (Å²) in [5, 5.41) is 7.84. The molecule has 1 aromatic carbocycles. The fourth-order valence-corrected chi connectivity index (χ4v) is 2.23. The third-order valence-electron chi connectivity index (χ3n) is 3.74. The van der Waals surface area contributed by atoms with Crippen LogP contribution in [0.2, 0.25) is 0 Å². The molecule has 0 aliphatic heterocycles. The fraction of sp³-hybridized carbons (Fsp3) is 0.222. The van der Waals surface area contributed by atoms with Crippen LogP contribution in [-0.2, 0) is 6.42 Å². The van der Waals surface area contributed by atoms with E-state index in [0.29, 0.717) is 12.4 Å². The number of aromatic nitrogens is 3. The second-order valence-electron chi connectivity index (χ2n) is 5.61. The molecule has 3 rings (SSSR count). The minimum Gasteiger partial charge on any atom is -0.412 e. The Morgan fingerprint density at radius 3 is 2.50 bits per heavy atom. The first-order chi connectivity index (χ1) is 11.6. The number of aryl methyl sites for hydroxylation is 1. The number of carbonyl (C=O) groups excluding carboxylic acids is 1. The Balaban J connectivity index is 1.65. The molecule has 0 unspecified atom stereocenters. The lowest BCUT2D eigenvalue weighted by atomic mass is 10.1. The van der Waals surface area contributed by atoms with E-state index in [1.807, 2.05) is 43.3 Å². The number of amides is 1. The number of likely N-dealkylation sites (N-methyl/N-ethyl adjacent to an activating group) is 1. The normalized spacial score (nSPS) is 10.6. The molecule has 2 heterocycles. The lowest BCUT2D eigenvalue weighted by Gasteiger charge is -2.14. The fourth-order valence-electron chi connectivity index (χ4n) is 2.23. The molecule has 0 spiro atoms. The minimum atomic E-state index is -0.282. The molecule has 0 fully saturated rings. The van der Waals surface area contributed by atoms with E-state index in [2.05, 4.69) is 15.2 Å². The van der Waals surface area contributed by atoms with Gasteiger partial charge in [-0.05, 0) is 43.2 Å². The molecule has 1 amide bonds. The number of pyridine rings is 1. The molecule has 0 aliphatic carbocycles. The molecule has 0 saturated carbocycles. The maximum atomic E-state index is 12.4. The van der Waals surface area contributed by atoms with Crippen LogP contribution in [0.25, 0.3) is 11.5 Å². The first-order valence-corrected chi connectivity index (χ1v) is 7.68. The summed E-state index contributed by atoms with van der Waals surface area (Å²) in [6.45, 7) is 2.56. The van der Waals surface area contributed by atoms with E-state index in [-0.39, 0.29) is 11.8 Å². The predicted molar refractivity (Wildman–Crippen MR) is 89.4 cm³/mol. The third kappa shape index (κ3) is 3.65. The van der Waals surface area contributed by atoms with Crippen molar-refractivity contribution < 1.29 is 9.21 Å². The van der Waals surface area contributed by atoms with Gasteiger partial charge in [0, 0.05) is 31.5 Å². The molecular weight excluding hydrogens is 304 g/mol. The number of rotatable bonds is 5. The van der Waals surface area contributed by atoms with Crippen molar-refractivity contribution in [2.45, 2.75) is 13.3 Å². The zero-order valence-electron chi connectivity index (χ0n) is 13.6. The molecular formula is C18H18N4O2. The zero-order chi connectivity index (χ0) is 16.9.